The van der Waals surface area contributed by atoms with E-state index in [1.54, 1.807) is 29.3 Å². The molecule has 0 saturated heterocycles. The van der Waals surface area contributed by atoms with Gasteiger partial charge in [0.2, 0.25) is 0 Å². The van der Waals surface area contributed by atoms with Gasteiger partial charge in [-0.1, -0.05) is 18.9 Å². The summed E-state index contributed by atoms with van der Waals surface area (Å²) in [5.41, 5.74) is 5.30. The summed E-state index contributed by atoms with van der Waals surface area (Å²) in [6.45, 7) is 0. The minimum Gasteiger partial charge on any atom is -0.462 e. The second-order valence-corrected chi connectivity index (χ2v) is 8.36. The standard InChI is InChI=1S/C24H25N5O3/c1-29-14-17(13-26-29)18-7-6-15(12-25-18)10-16-11-21(27-20-8-9-32-23(16)20)24(31)28-19-4-2-3-5-22(19)30/h6-9,11-14,19,22,30H,2-5,10H2,1H3,(H,28,31)/t19-,22-/m0/s1. The molecule has 0 aliphatic heterocycles. The molecule has 2 atom stereocenters. The third-order valence-corrected chi connectivity index (χ3v) is 5.99. The highest BCUT2D eigenvalue weighted by Gasteiger charge is 2.26. The number of pyridine rings is 2. The van der Waals surface area contributed by atoms with Crippen LogP contribution in [0, 0.1) is 0 Å². The van der Waals surface area contributed by atoms with Crippen LogP contribution in [0.15, 0.2) is 53.5 Å². The molecule has 2 N–H and O–H groups in total. The Labute approximate surface area is 185 Å². The molecule has 0 bridgehead atoms. The van der Waals surface area contributed by atoms with Crippen LogP contribution in [0.1, 0.15) is 47.3 Å². The molecule has 1 saturated carbocycles. The Balaban J connectivity index is 1.39. The third kappa shape index (κ3) is 4.13. The van der Waals surface area contributed by atoms with Gasteiger partial charge in [-0.3, -0.25) is 14.5 Å². The highest BCUT2D eigenvalue weighted by Crippen LogP contribution is 2.24. The Kier molecular flexibility index (Phi) is 5.45. The first-order valence-corrected chi connectivity index (χ1v) is 10.9. The monoisotopic (exact) mass is 431 g/mol. The summed E-state index contributed by atoms with van der Waals surface area (Å²) in [6.07, 6.45) is 10.7. The molecule has 1 fully saturated rings. The molecule has 4 heterocycles. The number of fused-ring (bicyclic) bond motifs is 1. The molecule has 4 aromatic rings. The largest absolute Gasteiger partial charge is 0.462 e. The number of aryl methyl sites for hydroxylation is 1. The maximum atomic E-state index is 12.9. The Bertz CT molecular complexity index is 1240. The maximum Gasteiger partial charge on any atom is 0.270 e. The van der Waals surface area contributed by atoms with Gasteiger partial charge in [0.25, 0.3) is 5.91 Å². The number of carbonyl (C=O) groups is 1. The molecule has 8 heteroatoms. The van der Waals surface area contributed by atoms with E-state index in [4.69, 9.17) is 4.42 Å². The van der Waals surface area contributed by atoms with Crippen molar-refractivity contribution in [2.24, 2.45) is 7.05 Å². The van der Waals surface area contributed by atoms with Crippen LogP contribution in [-0.2, 0) is 13.5 Å². The van der Waals surface area contributed by atoms with Crippen molar-refractivity contribution in [2.45, 2.75) is 44.2 Å². The fraction of sp³-hybridized carbons (Fsp3) is 0.333. The van der Waals surface area contributed by atoms with Crippen LogP contribution >= 0.6 is 0 Å². The van der Waals surface area contributed by atoms with E-state index in [0.717, 1.165) is 41.6 Å². The van der Waals surface area contributed by atoms with E-state index < -0.39 is 6.10 Å². The molecule has 8 nitrogen and oxygen atoms in total. The predicted molar refractivity (Wildman–Crippen MR) is 119 cm³/mol. The van der Waals surface area contributed by atoms with E-state index in [-0.39, 0.29) is 11.9 Å². The van der Waals surface area contributed by atoms with E-state index >= 15 is 0 Å². The maximum absolute atomic E-state index is 12.9. The molecular formula is C24H25N5O3. The van der Waals surface area contributed by atoms with Crippen LogP contribution in [0.3, 0.4) is 0 Å². The van der Waals surface area contributed by atoms with E-state index in [1.165, 1.54) is 0 Å². The van der Waals surface area contributed by atoms with Gasteiger partial charge in [0.05, 0.1) is 30.3 Å². The van der Waals surface area contributed by atoms with Gasteiger partial charge in [-0.2, -0.15) is 5.10 Å². The Morgan fingerprint density at radius 3 is 2.88 bits per heavy atom. The van der Waals surface area contributed by atoms with E-state index in [2.05, 4.69) is 20.4 Å². The van der Waals surface area contributed by atoms with Crippen LogP contribution in [0.2, 0.25) is 0 Å². The smallest absolute Gasteiger partial charge is 0.270 e. The number of hydrogen-bond donors (Lipinski definition) is 2. The SMILES string of the molecule is Cn1cc(-c2ccc(Cc3cc(C(=O)N[C@H]4CCCC[C@@H]4O)nc4ccoc34)cn2)cn1. The number of aliphatic hydroxyl groups is 1. The number of furan rings is 1. The van der Waals surface area contributed by atoms with Gasteiger partial charge in [0.1, 0.15) is 11.2 Å². The Morgan fingerprint density at radius 2 is 2.12 bits per heavy atom. The zero-order valence-electron chi connectivity index (χ0n) is 17.9. The second-order valence-electron chi connectivity index (χ2n) is 8.36. The Morgan fingerprint density at radius 1 is 1.25 bits per heavy atom. The van der Waals surface area contributed by atoms with Crippen molar-refractivity contribution in [3.8, 4) is 11.3 Å². The minimum absolute atomic E-state index is 0.231. The van der Waals surface area contributed by atoms with Crippen LogP contribution in [-0.4, -0.2) is 42.9 Å². The number of aromatic nitrogens is 4. The molecule has 1 amide bonds. The van der Waals surface area contributed by atoms with Gasteiger partial charge in [-0.05, 0) is 30.5 Å². The number of hydrogen-bond acceptors (Lipinski definition) is 6. The lowest BCUT2D eigenvalue weighted by molar-refractivity contribution is 0.0714. The lowest BCUT2D eigenvalue weighted by Crippen LogP contribution is -2.45. The first kappa shape index (κ1) is 20.4. The van der Waals surface area contributed by atoms with Crippen molar-refractivity contribution in [2.75, 3.05) is 0 Å². The van der Waals surface area contributed by atoms with Crippen LogP contribution in [0.5, 0.6) is 0 Å². The normalized spacial score (nSPS) is 18.7. The molecule has 32 heavy (non-hydrogen) atoms. The van der Waals surface area contributed by atoms with Crippen LogP contribution < -0.4 is 5.32 Å². The van der Waals surface area contributed by atoms with Gasteiger partial charge in [-0.15, -0.1) is 0 Å². The molecule has 4 aromatic heterocycles. The highest BCUT2D eigenvalue weighted by atomic mass is 16.3. The average Bonchev–Trinajstić information content (AvgIpc) is 3.45. The average molecular weight is 431 g/mol. The van der Waals surface area contributed by atoms with Crippen molar-refractivity contribution in [1.29, 1.82) is 0 Å². The summed E-state index contributed by atoms with van der Waals surface area (Å²) in [6, 6.07) is 7.28. The number of aliphatic hydroxyl groups excluding tert-OH is 1. The van der Waals surface area contributed by atoms with Gasteiger partial charge in [0, 0.05) is 43.1 Å². The predicted octanol–water partition coefficient (Wildman–Crippen LogP) is 3.25. The summed E-state index contributed by atoms with van der Waals surface area (Å²) >= 11 is 0. The number of nitrogens with zero attached hydrogens (tertiary/aromatic N) is 4. The molecular weight excluding hydrogens is 406 g/mol. The Hall–Kier alpha value is -3.52. The highest BCUT2D eigenvalue weighted by molar-refractivity contribution is 5.95. The van der Waals surface area contributed by atoms with Crippen molar-refractivity contribution in [3.05, 3.63) is 65.9 Å². The van der Waals surface area contributed by atoms with Crippen LogP contribution in [0.4, 0.5) is 0 Å². The van der Waals surface area contributed by atoms with Gasteiger partial charge in [-0.25, -0.2) is 4.98 Å². The number of amides is 1. The quantitative estimate of drug-likeness (QED) is 0.502. The first-order valence-electron chi connectivity index (χ1n) is 10.9. The van der Waals surface area contributed by atoms with Gasteiger partial charge < -0.3 is 14.8 Å². The number of carbonyl (C=O) groups excluding carboxylic acids is 1. The summed E-state index contributed by atoms with van der Waals surface area (Å²) < 4.78 is 7.40. The summed E-state index contributed by atoms with van der Waals surface area (Å²) in [5.74, 6) is -0.273. The first-order chi connectivity index (χ1) is 15.6. The van der Waals surface area contributed by atoms with Gasteiger partial charge >= 0.3 is 0 Å². The second kappa shape index (κ2) is 8.55. The summed E-state index contributed by atoms with van der Waals surface area (Å²) in [7, 11) is 1.87. The molecule has 164 valence electrons. The minimum atomic E-state index is -0.505. The zero-order chi connectivity index (χ0) is 22.1. The van der Waals surface area contributed by atoms with E-state index in [9.17, 15) is 9.90 Å². The van der Waals surface area contributed by atoms with E-state index in [0.29, 0.717) is 29.6 Å². The lowest BCUT2D eigenvalue weighted by Gasteiger charge is -2.28. The topological polar surface area (TPSA) is 106 Å². The fourth-order valence-electron chi connectivity index (χ4n) is 4.27. The molecule has 0 spiro atoms. The molecule has 1 aliphatic rings. The lowest BCUT2D eigenvalue weighted by atomic mass is 9.92. The molecule has 0 radical (unpaired) electrons. The van der Waals surface area contributed by atoms with Gasteiger partial charge in [0.15, 0.2) is 5.58 Å². The fourth-order valence-corrected chi connectivity index (χ4v) is 4.27. The van der Waals surface area contributed by atoms with Crippen molar-refractivity contribution >= 4 is 17.0 Å². The van der Waals surface area contributed by atoms with Crippen molar-refractivity contribution in [3.63, 3.8) is 0 Å². The summed E-state index contributed by atoms with van der Waals surface area (Å²) in [4.78, 5) is 21.9. The molecule has 1 aliphatic carbocycles. The molecule has 0 unspecified atom stereocenters. The van der Waals surface area contributed by atoms with Crippen molar-refractivity contribution in [1.82, 2.24) is 25.1 Å². The molecule has 0 aromatic carbocycles. The summed E-state index contributed by atoms with van der Waals surface area (Å²) in [5, 5.41) is 17.3. The zero-order valence-corrected chi connectivity index (χ0v) is 17.9. The molecule has 5 rings (SSSR count). The third-order valence-electron chi connectivity index (χ3n) is 5.99. The van der Waals surface area contributed by atoms with E-state index in [1.807, 2.05) is 31.6 Å². The van der Waals surface area contributed by atoms with Crippen LogP contribution in [0.25, 0.3) is 22.4 Å². The number of nitrogens with one attached hydrogen (secondary N) is 1. The number of rotatable bonds is 5. The van der Waals surface area contributed by atoms with Crippen molar-refractivity contribution < 1.29 is 14.3 Å².